The molecule has 56 heavy (non-hydrogen) atoms. The van der Waals surface area contributed by atoms with E-state index < -0.39 is 0 Å². The SMILES string of the molecule is c1ccc(-n2c3cccc(-c4cccc(N(c5ccc(-c6ccc7ccccc7c6)cc5)c5ccc6ccccc6c5)c4)c3c3c4ccccc4ccc32)cc1. The Balaban J connectivity index is 1.10. The Labute approximate surface area is 325 Å². The smallest absolute Gasteiger partial charge is 0.0547 e. The number of para-hydroxylation sites is 1. The van der Waals surface area contributed by atoms with Gasteiger partial charge in [0.15, 0.2) is 0 Å². The first-order valence-electron chi connectivity index (χ1n) is 19.3. The summed E-state index contributed by atoms with van der Waals surface area (Å²) in [4.78, 5) is 2.39. The summed E-state index contributed by atoms with van der Waals surface area (Å²) in [6.45, 7) is 0. The third-order valence-corrected chi connectivity index (χ3v) is 11.3. The first kappa shape index (κ1) is 32.0. The van der Waals surface area contributed by atoms with Crippen LogP contribution in [0.4, 0.5) is 17.1 Å². The van der Waals surface area contributed by atoms with Crippen LogP contribution in [0, 0.1) is 0 Å². The summed E-state index contributed by atoms with van der Waals surface area (Å²) in [5.41, 5.74) is 11.7. The number of aromatic nitrogens is 1. The lowest BCUT2D eigenvalue weighted by molar-refractivity contribution is 1.18. The number of benzene rings is 10. The van der Waals surface area contributed by atoms with Gasteiger partial charge in [-0.25, -0.2) is 0 Å². The lowest BCUT2D eigenvalue weighted by Gasteiger charge is -2.26. The molecule has 11 rings (SSSR count). The summed E-state index contributed by atoms with van der Waals surface area (Å²) in [5, 5.41) is 9.98. The molecular weight excluding hydrogens is 677 g/mol. The maximum Gasteiger partial charge on any atom is 0.0547 e. The van der Waals surface area contributed by atoms with E-state index in [-0.39, 0.29) is 0 Å². The molecule has 0 saturated carbocycles. The zero-order valence-corrected chi connectivity index (χ0v) is 30.7. The van der Waals surface area contributed by atoms with E-state index in [4.69, 9.17) is 0 Å². The highest BCUT2D eigenvalue weighted by atomic mass is 15.1. The molecule has 2 heteroatoms. The van der Waals surface area contributed by atoms with Gasteiger partial charge in [0.2, 0.25) is 0 Å². The normalized spacial score (nSPS) is 11.6. The molecule has 0 aliphatic rings. The van der Waals surface area contributed by atoms with Gasteiger partial charge < -0.3 is 9.47 Å². The quantitative estimate of drug-likeness (QED) is 0.167. The number of hydrogen-bond acceptors (Lipinski definition) is 1. The molecule has 262 valence electrons. The molecule has 0 aliphatic heterocycles. The van der Waals surface area contributed by atoms with E-state index in [2.05, 4.69) is 228 Å². The van der Waals surface area contributed by atoms with E-state index in [0.717, 1.165) is 22.7 Å². The minimum atomic E-state index is 1.10. The van der Waals surface area contributed by atoms with E-state index in [9.17, 15) is 0 Å². The Bertz CT molecular complexity index is 3250. The first-order chi connectivity index (χ1) is 27.8. The number of fused-ring (bicyclic) bond motifs is 7. The highest BCUT2D eigenvalue weighted by Gasteiger charge is 2.20. The van der Waals surface area contributed by atoms with Crippen LogP contribution < -0.4 is 4.90 Å². The van der Waals surface area contributed by atoms with E-state index in [1.54, 1.807) is 0 Å². The molecule has 0 amide bonds. The average molecular weight is 713 g/mol. The molecule has 0 atom stereocenters. The van der Waals surface area contributed by atoms with Crippen LogP contribution in [0.1, 0.15) is 0 Å². The maximum atomic E-state index is 2.42. The molecule has 0 unspecified atom stereocenters. The van der Waals surface area contributed by atoms with Gasteiger partial charge in [0.25, 0.3) is 0 Å². The number of anilines is 3. The van der Waals surface area contributed by atoms with Gasteiger partial charge in [-0.05, 0) is 121 Å². The van der Waals surface area contributed by atoms with Crippen LogP contribution in [0.5, 0.6) is 0 Å². The second-order valence-electron chi connectivity index (χ2n) is 14.6. The summed E-state index contributed by atoms with van der Waals surface area (Å²) in [5.74, 6) is 0. The molecule has 11 aromatic rings. The summed E-state index contributed by atoms with van der Waals surface area (Å²) >= 11 is 0. The minimum absolute atomic E-state index is 1.10. The first-order valence-corrected chi connectivity index (χ1v) is 19.3. The van der Waals surface area contributed by atoms with Crippen molar-refractivity contribution in [1.29, 1.82) is 0 Å². The molecule has 2 nitrogen and oxygen atoms in total. The largest absolute Gasteiger partial charge is 0.310 e. The van der Waals surface area contributed by atoms with Crippen LogP contribution in [0.3, 0.4) is 0 Å². The van der Waals surface area contributed by atoms with Crippen LogP contribution in [0.15, 0.2) is 218 Å². The van der Waals surface area contributed by atoms with Crippen molar-refractivity contribution in [2.24, 2.45) is 0 Å². The Hall–Kier alpha value is -7.42. The second-order valence-corrected chi connectivity index (χ2v) is 14.6. The predicted molar refractivity (Wildman–Crippen MR) is 239 cm³/mol. The Morgan fingerprint density at radius 3 is 1.70 bits per heavy atom. The fourth-order valence-corrected chi connectivity index (χ4v) is 8.67. The van der Waals surface area contributed by atoms with E-state index >= 15 is 0 Å². The molecule has 10 aromatic carbocycles. The summed E-state index contributed by atoms with van der Waals surface area (Å²) in [7, 11) is 0. The zero-order chi connectivity index (χ0) is 37.0. The van der Waals surface area contributed by atoms with Crippen LogP contribution in [0.2, 0.25) is 0 Å². The molecule has 0 saturated heterocycles. The Kier molecular flexibility index (Phi) is 7.53. The topological polar surface area (TPSA) is 8.17 Å². The van der Waals surface area contributed by atoms with Crippen molar-refractivity contribution in [3.63, 3.8) is 0 Å². The van der Waals surface area contributed by atoms with Gasteiger partial charge in [-0.15, -0.1) is 0 Å². The Morgan fingerprint density at radius 2 is 0.893 bits per heavy atom. The van der Waals surface area contributed by atoms with Crippen molar-refractivity contribution in [3.05, 3.63) is 218 Å². The standard InChI is InChI=1S/C54H36N2/c1-2-18-45(19-3-1)56-51-23-11-22-50(54(51)53-49-21-9-8-14-40(49)29-33-52(53)56)44-17-10-20-47(36-44)55(48-32-28-38-13-5-7-16-42(38)35-48)46-30-26-39(27-31-46)43-25-24-37-12-4-6-15-41(37)34-43/h1-36H. The highest BCUT2D eigenvalue weighted by molar-refractivity contribution is 6.25. The maximum absolute atomic E-state index is 2.42. The summed E-state index contributed by atoms with van der Waals surface area (Å²) < 4.78 is 2.42. The Morgan fingerprint density at radius 1 is 0.304 bits per heavy atom. The molecule has 0 N–H and O–H groups in total. The monoisotopic (exact) mass is 712 g/mol. The van der Waals surface area contributed by atoms with Crippen LogP contribution in [-0.2, 0) is 0 Å². The van der Waals surface area contributed by atoms with Crippen molar-refractivity contribution in [2.75, 3.05) is 4.90 Å². The van der Waals surface area contributed by atoms with Gasteiger partial charge in [0, 0.05) is 33.5 Å². The van der Waals surface area contributed by atoms with E-state index in [1.807, 2.05) is 0 Å². The number of nitrogens with zero attached hydrogens (tertiary/aromatic N) is 2. The average Bonchev–Trinajstić information content (AvgIpc) is 3.62. The minimum Gasteiger partial charge on any atom is -0.310 e. The molecule has 0 fully saturated rings. The third-order valence-electron chi connectivity index (χ3n) is 11.3. The fourth-order valence-electron chi connectivity index (χ4n) is 8.67. The van der Waals surface area contributed by atoms with Gasteiger partial charge in [0.1, 0.15) is 0 Å². The molecule has 0 bridgehead atoms. The van der Waals surface area contributed by atoms with Gasteiger partial charge in [-0.2, -0.15) is 0 Å². The number of hydrogen-bond donors (Lipinski definition) is 0. The summed E-state index contributed by atoms with van der Waals surface area (Å²) in [6, 6.07) is 79.5. The van der Waals surface area contributed by atoms with Gasteiger partial charge >= 0.3 is 0 Å². The van der Waals surface area contributed by atoms with Crippen molar-refractivity contribution in [2.45, 2.75) is 0 Å². The lowest BCUT2D eigenvalue weighted by Crippen LogP contribution is -2.10. The predicted octanol–water partition coefficient (Wildman–Crippen LogP) is 15.0. The molecule has 1 heterocycles. The summed E-state index contributed by atoms with van der Waals surface area (Å²) in [6.07, 6.45) is 0. The second kappa shape index (κ2) is 13.2. The number of rotatable bonds is 6. The fraction of sp³-hybridized carbons (Fsp3) is 0. The molecule has 0 spiro atoms. The third kappa shape index (κ3) is 5.34. The van der Waals surface area contributed by atoms with Crippen LogP contribution in [0.25, 0.3) is 82.1 Å². The molecule has 0 aliphatic carbocycles. The highest BCUT2D eigenvalue weighted by Crippen LogP contribution is 2.44. The van der Waals surface area contributed by atoms with Gasteiger partial charge in [0.05, 0.1) is 11.0 Å². The molecule has 1 aromatic heterocycles. The molecule has 0 radical (unpaired) electrons. The van der Waals surface area contributed by atoms with Gasteiger partial charge in [-0.1, -0.05) is 152 Å². The van der Waals surface area contributed by atoms with Gasteiger partial charge in [-0.3, -0.25) is 0 Å². The van der Waals surface area contributed by atoms with Crippen LogP contribution in [-0.4, -0.2) is 4.57 Å². The molecular formula is C54H36N2. The van der Waals surface area contributed by atoms with E-state index in [1.165, 1.54) is 76.4 Å². The van der Waals surface area contributed by atoms with Crippen molar-refractivity contribution in [3.8, 4) is 27.9 Å². The van der Waals surface area contributed by atoms with Crippen LogP contribution >= 0.6 is 0 Å². The van der Waals surface area contributed by atoms with Crippen molar-refractivity contribution in [1.82, 2.24) is 4.57 Å². The van der Waals surface area contributed by atoms with Crippen molar-refractivity contribution >= 4 is 71.2 Å². The zero-order valence-electron chi connectivity index (χ0n) is 30.7. The lowest BCUT2D eigenvalue weighted by atomic mass is 9.96. The van der Waals surface area contributed by atoms with E-state index in [0.29, 0.717) is 0 Å². The van der Waals surface area contributed by atoms with Crippen molar-refractivity contribution < 1.29 is 0 Å².